The van der Waals surface area contributed by atoms with E-state index in [1.807, 2.05) is 32.7 Å². The standard InChI is InChI=1S/C16H23N5O2S/c1-10-13(12(3)23-18-10)9-20-5-7-21(8-6-20)16(22)14-11(2)19-24-15(14)17-4/h17H,5-9H2,1-4H3. The first-order valence-electron chi connectivity index (χ1n) is 8.08. The van der Waals surface area contributed by atoms with E-state index in [4.69, 9.17) is 4.52 Å². The number of anilines is 1. The van der Waals surface area contributed by atoms with Gasteiger partial charge in [-0.25, -0.2) is 0 Å². The van der Waals surface area contributed by atoms with Gasteiger partial charge < -0.3 is 14.7 Å². The Hall–Kier alpha value is -1.93. The van der Waals surface area contributed by atoms with Crippen LogP contribution in [0.2, 0.25) is 0 Å². The van der Waals surface area contributed by atoms with Crippen molar-refractivity contribution >= 4 is 22.4 Å². The predicted octanol–water partition coefficient (Wildman–Crippen LogP) is 2.06. The van der Waals surface area contributed by atoms with Crippen LogP contribution < -0.4 is 5.32 Å². The Bertz CT molecular complexity index is 711. The lowest BCUT2D eigenvalue weighted by Gasteiger charge is -2.34. The molecular weight excluding hydrogens is 326 g/mol. The molecule has 0 spiro atoms. The van der Waals surface area contributed by atoms with E-state index in [9.17, 15) is 4.79 Å². The van der Waals surface area contributed by atoms with E-state index < -0.39 is 0 Å². The van der Waals surface area contributed by atoms with Gasteiger partial charge in [0.2, 0.25) is 0 Å². The first-order chi connectivity index (χ1) is 11.5. The van der Waals surface area contributed by atoms with Crippen LogP contribution in [0.1, 0.15) is 33.1 Å². The fourth-order valence-electron chi connectivity index (χ4n) is 3.01. The van der Waals surface area contributed by atoms with Gasteiger partial charge in [0.25, 0.3) is 5.91 Å². The van der Waals surface area contributed by atoms with Gasteiger partial charge in [-0.15, -0.1) is 0 Å². The maximum absolute atomic E-state index is 12.8. The zero-order valence-electron chi connectivity index (χ0n) is 14.5. The van der Waals surface area contributed by atoms with Gasteiger partial charge in [-0.1, -0.05) is 5.16 Å². The van der Waals surface area contributed by atoms with Gasteiger partial charge in [0.15, 0.2) is 0 Å². The zero-order valence-corrected chi connectivity index (χ0v) is 15.4. The average molecular weight is 349 g/mol. The Morgan fingerprint density at radius 2 is 1.92 bits per heavy atom. The molecule has 0 aliphatic carbocycles. The highest BCUT2D eigenvalue weighted by Crippen LogP contribution is 2.26. The van der Waals surface area contributed by atoms with Crippen molar-refractivity contribution < 1.29 is 9.32 Å². The van der Waals surface area contributed by atoms with Crippen LogP contribution in [0.25, 0.3) is 0 Å². The molecule has 0 aromatic carbocycles. The minimum atomic E-state index is 0.0718. The van der Waals surface area contributed by atoms with Crippen molar-refractivity contribution in [1.82, 2.24) is 19.3 Å². The molecule has 0 atom stereocenters. The predicted molar refractivity (Wildman–Crippen MR) is 93.6 cm³/mol. The van der Waals surface area contributed by atoms with Crippen LogP contribution in [0.4, 0.5) is 5.00 Å². The molecule has 3 heterocycles. The zero-order chi connectivity index (χ0) is 17.3. The summed E-state index contributed by atoms with van der Waals surface area (Å²) in [5.74, 6) is 0.951. The third-order valence-electron chi connectivity index (χ3n) is 4.53. The first kappa shape index (κ1) is 16.9. The number of amides is 1. The van der Waals surface area contributed by atoms with Gasteiger partial charge in [0, 0.05) is 45.3 Å². The van der Waals surface area contributed by atoms with Crippen molar-refractivity contribution in [1.29, 1.82) is 0 Å². The van der Waals surface area contributed by atoms with Gasteiger partial charge in [-0.2, -0.15) is 4.37 Å². The third kappa shape index (κ3) is 3.16. The van der Waals surface area contributed by atoms with E-state index in [1.165, 1.54) is 11.5 Å². The molecule has 2 aromatic rings. The number of nitrogens with one attached hydrogen (secondary N) is 1. The normalized spacial score (nSPS) is 15.8. The molecule has 1 aliphatic heterocycles. The second-order valence-corrected chi connectivity index (χ2v) is 6.87. The second kappa shape index (κ2) is 6.90. The number of aromatic nitrogens is 2. The number of hydrogen-bond donors (Lipinski definition) is 1. The van der Waals surface area contributed by atoms with Crippen LogP contribution in [-0.4, -0.2) is 58.5 Å². The number of aryl methyl sites for hydroxylation is 3. The largest absolute Gasteiger partial charge is 0.378 e. The molecule has 1 amide bonds. The molecule has 0 radical (unpaired) electrons. The third-order valence-corrected chi connectivity index (χ3v) is 5.48. The smallest absolute Gasteiger partial charge is 0.258 e. The summed E-state index contributed by atoms with van der Waals surface area (Å²) in [5, 5.41) is 7.92. The molecule has 0 bridgehead atoms. The van der Waals surface area contributed by atoms with Gasteiger partial charge in [0.1, 0.15) is 10.8 Å². The van der Waals surface area contributed by atoms with E-state index in [0.717, 1.165) is 60.4 Å². The molecule has 1 N–H and O–H groups in total. The summed E-state index contributed by atoms with van der Waals surface area (Å²) >= 11 is 1.34. The topological polar surface area (TPSA) is 74.5 Å². The Morgan fingerprint density at radius 3 is 2.50 bits per heavy atom. The van der Waals surface area contributed by atoms with Crippen molar-refractivity contribution in [3.05, 3.63) is 28.3 Å². The van der Waals surface area contributed by atoms with Gasteiger partial charge >= 0.3 is 0 Å². The SMILES string of the molecule is CNc1snc(C)c1C(=O)N1CCN(Cc2c(C)noc2C)CC1. The summed E-state index contributed by atoms with van der Waals surface area (Å²) in [6.45, 7) is 9.77. The van der Waals surface area contributed by atoms with Crippen LogP contribution in [0, 0.1) is 20.8 Å². The maximum Gasteiger partial charge on any atom is 0.258 e. The van der Waals surface area contributed by atoms with E-state index >= 15 is 0 Å². The minimum Gasteiger partial charge on any atom is -0.378 e. The molecule has 1 saturated heterocycles. The molecule has 3 rings (SSSR count). The lowest BCUT2D eigenvalue weighted by Crippen LogP contribution is -2.48. The molecule has 8 heteroatoms. The fourth-order valence-corrected chi connectivity index (χ4v) is 3.75. The summed E-state index contributed by atoms with van der Waals surface area (Å²) < 4.78 is 9.52. The van der Waals surface area contributed by atoms with Crippen LogP contribution in [-0.2, 0) is 6.54 Å². The Labute approximate surface area is 145 Å². The van der Waals surface area contributed by atoms with Crippen molar-refractivity contribution in [2.24, 2.45) is 0 Å². The molecule has 130 valence electrons. The van der Waals surface area contributed by atoms with Crippen LogP contribution >= 0.6 is 11.5 Å². The Kier molecular flexibility index (Phi) is 4.86. The van der Waals surface area contributed by atoms with Crippen LogP contribution in [0.15, 0.2) is 4.52 Å². The number of carbonyl (C=O) groups excluding carboxylic acids is 1. The highest BCUT2D eigenvalue weighted by Gasteiger charge is 2.27. The lowest BCUT2D eigenvalue weighted by molar-refractivity contribution is 0.0628. The Balaban J connectivity index is 1.63. The van der Waals surface area contributed by atoms with Crippen molar-refractivity contribution in [2.45, 2.75) is 27.3 Å². The fraction of sp³-hybridized carbons (Fsp3) is 0.562. The van der Waals surface area contributed by atoms with E-state index in [1.54, 1.807) is 0 Å². The number of hydrogen-bond acceptors (Lipinski definition) is 7. The molecule has 7 nitrogen and oxygen atoms in total. The summed E-state index contributed by atoms with van der Waals surface area (Å²) in [6, 6.07) is 0. The lowest BCUT2D eigenvalue weighted by atomic mass is 10.1. The van der Waals surface area contributed by atoms with Gasteiger partial charge in [0.05, 0.1) is 17.0 Å². The number of nitrogens with zero attached hydrogens (tertiary/aromatic N) is 4. The van der Waals surface area contributed by atoms with Gasteiger partial charge in [-0.3, -0.25) is 9.69 Å². The van der Waals surface area contributed by atoms with E-state index in [-0.39, 0.29) is 5.91 Å². The summed E-state index contributed by atoms with van der Waals surface area (Å²) in [6.07, 6.45) is 0. The van der Waals surface area contributed by atoms with Gasteiger partial charge in [-0.05, 0) is 32.3 Å². The first-order valence-corrected chi connectivity index (χ1v) is 8.86. The number of rotatable bonds is 4. The van der Waals surface area contributed by atoms with Crippen molar-refractivity contribution in [3.63, 3.8) is 0 Å². The van der Waals surface area contributed by atoms with Crippen LogP contribution in [0.5, 0.6) is 0 Å². The van der Waals surface area contributed by atoms with E-state index in [0.29, 0.717) is 5.56 Å². The summed E-state index contributed by atoms with van der Waals surface area (Å²) in [7, 11) is 1.82. The molecular formula is C16H23N5O2S. The highest BCUT2D eigenvalue weighted by atomic mass is 32.1. The molecule has 2 aromatic heterocycles. The quantitative estimate of drug-likeness (QED) is 0.911. The number of carbonyl (C=O) groups is 1. The molecule has 1 fully saturated rings. The second-order valence-electron chi connectivity index (χ2n) is 6.09. The molecule has 0 saturated carbocycles. The average Bonchev–Trinajstić information content (AvgIpc) is 3.11. The van der Waals surface area contributed by atoms with Crippen LogP contribution in [0.3, 0.4) is 0 Å². The summed E-state index contributed by atoms with van der Waals surface area (Å²) in [4.78, 5) is 17.1. The Morgan fingerprint density at radius 1 is 1.21 bits per heavy atom. The monoisotopic (exact) mass is 349 g/mol. The summed E-state index contributed by atoms with van der Waals surface area (Å²) in [5.41, 5.74) is 3.61. The molecule has 1 aliphatic rings. The molecule has 24 heavy (non-hydrogen) atoms. The van der Waals surface area contributed by atoms with Crippen molar-refractivity contribution in [2.75, 3.05) is 38.5 Å². The molecule has 0 unspecified atom stereocenters. The maximum atomic E-state index is 12.8. The number of piperazine rings is 1. The minimum absolute atomic E-state index is 0.0718. The van der Waals surface area contributed by atoms with Crippen molar-refractivity contribution in [3.8, 4) is 0 Å². The van der Waals surface area contributed by atoms with E-state index in [2.05, 4.69) is 19.7 Å². The highest BCUT2D eigenvalue weighted by molar-refractivity contribution is 7.10.